The number of hydrogen-bond donors (Lipinski definition) is 1. The van der Waals surface area contributed by atoms with E-state index >= 15 is 0 Å². The zero-order valence-electron chi connectivity index (χ0n) is 11.4. The molecule has 0 unspecified atom stereocenters. The quantitative estimate of drug-likeness (QED) is 0.786. The zero-order chi connectivity index (χ0) is 14.5. The second kappa shape index (κ2) is 6.22. The number of amides is 1. The Balaban J connectivity index is 2.59. The molecule has 0 bridgehead atoms. The molecule has 0 spiro atoms. The third-order valence-corrected chi connectivity index (χ3v) is 2.64. The molecule has 0 saturated carbocycles. The summed E-state index contributed by atoms with van der Waals surface area (Å²) < 4.78 is 10.2. The lowest BCUT2D eigenvalue weighted by atomic mass is 9.95. The Labute approximate surface area is 112 Å². The first kappa shape index (κ1) is 15.0. The molecule has 0 aliphatic heterocycles. The van der Waals surface area contributed by atoms with Gasteiger partial charge in [-0.2, -0.15) is 0 Å². The highest BCUT2D eigenvalue weighted by Gasteiger charge is 2.29. The summed E-state index contributed by atoms with van der Waals surface area (Å²) in [7, 11) is 1.35. The minimum atomic E-state index is -0.708. The van der Waals surface area contributed by atoms with Crippen LogP contribution in [0, 0.1) is 5.41 Å². The molecule has 0 aliphatic rings. The van der Waals surface area contributed by atoms with Crippen LogP contribution in [0.15, 0.2) is 24.3 Å². The van der Waals surface area contributed by atoms with E-state index in [0.717, 1.165) is 5.56 Å². The maximum Gasteiger partial charge on any atom is 0.314 e. The van der Waals surface area contributed by atoms with Crippen LogP contribution in [0.3, 0.4) is 0 Å². The number of esters is 1. The summed E-state index contributed by atoms with van der Waals surface area (Å²) in [5.41, 5.74) is 5.22. The smallest absolute Gasteiger partial charge is 0.314 e. The van der Waals surface area contributed by atoms with Crippen LogP contribution >= 0.6 is 0 Å². The summed E-state index contributed by atoms with van der Waals surface area (Å²) >= 11 is 0. The van der Waals surface area contributed by atoms with Crippen molar-refractivity contribution in [2.24, 2.45) is 11.1 Å². The van der Waals surface area contributed by atoms with Crippen molar-refractivity contribution in [1.29, 1.82) is 0 Å². The number of primary amides is 1. The first-order valence-corrected chi connectivity index (χ1v) is 5.93. The van der Waals surface area contributed by atoms with E-state index in [1.807, 2.05) is 0 Å². The van der Waals surface area contributed by atoms with Crippen LogP contribution in [0.2, 0.25) is 0 Å². The fraction of sp³-hybridized carbons (Fsp3) is 0.429. The monoisotopic (exact) mass is 265 g/mol. The molecule has 0 atom stereocenters. The van der Waals surface area contributed by atoms with Crippen LogP contribution < -0.4 is 10.5 Å². The second-order valence-electron chi connectivity index (χ2n) is 4.95. The largest absolute Gasteiger partial charge is 0.492 e. The highest BCUT2D eigenvalue weighted by molar-refractivity contribution is 5.76. The minimum Gasteiger partial charge on any atom is -0.492 e. The molecule has 5 heteroatoms. The average molecular weight is 265 g/mol. The summed E-state index contributed by atoms with van der Waals surface area (Å²) in [4.78, 5) is 22.2. The molecule has 0 saturated heterocycles. The van der Waals surface area contributed by atoms with E-state index in [1.165, 1.54) is 7.11 Å². The third kappa shape index (κ3) is 4.62. The van der Waals surface area contributed by atoms with Crippen LogP contribution in [0.25, 0.3) is 0 Å². The number of nitrogens with two attached hydrogens (primary N) is 1. The Morgan fingerprint density at radius 3 is 2.26 bits per heavy atom. The molecular weight excluding hydrogens is 246 g/mol. The van der Waals surface area contributed by atoms with E-state index in [9.17, 15) is 9.59 Å². The van der Waals surface area contributed by atoms with Gasteiger partial charge in [0.05, 0.1) is 18.9 Å². The maximum absolute atomic E-state index is 11.5. The van der Waals surface area contributed by atoms with Gasteiger partial charge in [0.15, 0.2) is 0 Å². The first-order valence-electron chi connectivity index (χ1n) is 5.93. The molecule has 0 radical (unpaired) electrons. The lowest BCUT2D eigenvalue weighted by molar-refractivity contribution is -0.152. The molecule has 104 valence electrons. The summed E-state index contributed by atoms with van der Waals surface area (Å²) in [6.07, 6.45) is 0.202. The van der Waals surface area contributed by atoms with Gasteiger partial charge in [-0.05, 0) is 31.5 Å². The molecular formula is C14H19NO4. The molecule has 1 aromatic rings. The molecule has 5 nitrogen and oxygen atoms in total. The van der Waals surface area contributed by atoms with Gasteiger partial charge >= 0.3 is 5.97 Å². The van der Waals surface area contributed by atoms with Gasteiger partial charge in [-0.3, -0.25) is 9.59 Å². The van der Waals surface area contributed by atoms with E-state index in [1.54, 1.807) is 38.1 Å². The Hall–Kier alpha value is -2.04. The van der Waals surface area contributed by atoms with E-state index < -0.39 is 5.41 Å². The minimum absolute atomic E-state index is 0.202. The zero-order valence-corrected chi connectivity index (χ0v) is 11.4. The number of hydrogen-bond acceptors (Lipinski definition) is 4. The van der Waals surface area contributed by atoms with Crippen molar-refractivity contribution in [1.82, 2.24) is 0 Å². The summed E-state index contributed by atoms with van der Waals surface area (Å²) in [6.45, 7) is 3.72. The molecule has 19 heavy (non-hydrogen) atoms. The van der Waals surface area contributed by atoms with Gasteiger partial charge in [-0.25, -0.2) is 0 Å². The number of rotatable bonds is 6. The predicted octanol–water partition coefficient (Wildman–Crippen LogP) is 1.29. The Bertz CT molecular complexity index is 451. The van der Waals surface area contributed by atoms with Crippen LogP contribution in [0.5, 0.6) is 5.75 Å². The van der Waals surface area contributed by atoms with Crippen molar-refractivity contribution >= 4 is 11.9 Å². The van der Waals surface area contributed by atoms with E-state index in [0.29, 0.717) is 5.75 Å². The third-order valence-electron chi connectivity index (χ3n) is 2.64. The van der Waals surface area contributed by atoms with Crippen LogP contribution in [-0.2, 0) is 20.7 Å². The lowest BCUT2D eigenvalue weighted by Crippen LogP contribution is -2.32. The first-order chi connectivity index (χ1) is 8.85. The van der Waals surface area contributed by atoms with Gasteiger partial charge in [0.1, 0.15) is 12.4 Å². The van der Waals surface area contributed by atoms with Crippen molar-refractivity contribution in [3.8, 4) is 5.75 Å². The fourth-order valence-corrected chi connectivity index (χ4v) is 1.50. The topological polar surface area (TPSA) is 78.6 Å². The van der Waals surface area contributed by atoms with Gasteiger partial charge in [-0.1, -0.05) is 12.1 Å². The van der Waals surface area contributed by atoms with Gasteiger partial charge in [0.2, 0.25) is 5.91 Å². The van der Waals surface area contributed by atoms with Crippen molar-refractivity contribution in [3.63, 3.8) is 0 Å². The van der Waals surface area contributed by atoms with Crippen molar-refractivity contribution < 1.29 is 19.1 Å². The predicted molar refractivity (Wildman–Crippen MR) is 70.6 cm³/mol. The van der Waals surface area contributed by atoms with Gasteiger partial charge < -0.3 is 15.2 Å². The van der Waals surface area contributed by atoms with Gasteiger partial charge in [0, 0.05) is 0 Å². The molecule has 1 rings (SSSR count). The SMILES string of the molecule is COC(=O)C(C)(C)COc1ccc(CC(N)=O)cc1. The number of methoxy groups -OCH3 is 1. The molecule has 0 aromatic heterocycles. The van der Waals surface area contributed by atoms with Gasteiger partial charge in [-0.15, -0.1) is 0 Å². The number of ether oxygens (including phenoxy) is 2. The second-order valence-corrected chi connectivity index (χ2v) is 4.95. The Morgan fingerprint density at radius 2 is 1.79 bits per heavy atom. The molecule has 0 aliphatic carbocycles. The fourth-order valence-electron chi connectivity index (χ4n) is 1.50. The standard InChI is InChI=1S/C14H19NO4/c1-14(2,13(17)18-3)9-19-11-6-4-10(5-7-11)8-12(15)16/h4-7H,8-9H2,1-3H3,(H2,15,16). The van der Waals surface area contributed by atoms with E-state index in [2.05, 4.69) is 0 Å². The maximum atomic E-state index is 11.5. The normalized spacial score (nSPS) is 10.9. The highest BCUT2D eigenvalue weighted by Crippen LogP contribution is 2.20. The van der Waals surface area contributed by atoms with E-state index in [-0.39, 0.29) is 24.9 Å². The Morgan fingerprint density at radius 1 is 1.21 bits per heavy atom. The average Bonchev–Trinajstić information content (AvgIpc) is 2.36. The van der Waals surface area contributed by atoms with Crippen molar-refractivity contribution in [3.05, 3.63) is 29.8 Å². The molecule has 0 heterocycles. The van der Waals surface area contributed by atoms with Crippen molar-refractivity contribution in [2.75, 3.05) is 13.7 Å². The number of carbonyl (C=O) groups is 2. The lowest BCUT2D eigenvalue weighted by Gasteiger charge is -2.21. The molecule has 0 fully saturated rings. The number of benzene rings is 1. The van der Waals surface area contributed by atoms with Gasteiger partial charge in [0.25, 0.3) is 0 Å². The van der Waals surface area contributed by atoms with Crippen LogP contribution in [0.1, 0.15) is 19.4 Å². The van der Waals surface area contributed by atoms with Crippen LogP contribution in [0.4, 0.5) is 0 Å². The molecule has 1 aromatic carbocycles. The molecule has 2 N–H and O–H groups in total. The summed E-state index contributed by atoms with van der Waals surface area (Å²) in [5.74, 6) is -0.0662. The van der Waals surface area contributed by atoms with Crippen molar-refractivity contribution in [2.45, 2.75) is 20.3 Å². The molecule has 1 amide bonds. The van der Waals surface area contributed by atoms with E-state index in [4.69, 9.17) is 15.2 Å². The Kier molecular flexibility index (Phi) is 4.92. The number of carbonyl (C=O) groups excluding carboxylic acids is 2. The summed E-state index contributed by atoms with van der Waals surface area (Å²) in [6, 6.07) is 7.02. The highest BCUT2D eigenvalue weighted by atomic mass is 16.5. The summed E-state index contributed by atoms with van der Waals surface area (Å²) in [5, 5.41) is 0. The van der Waals surface area contributed by atoms with Crippen LogP contribution in [-0.4, -0.2) is 25.6 Å².